The fourth-order valence-corrected chi connectivity index (χ4v) is 1.72. The Hall–Kier alpha value is 0.295. The van der Waals surface area contributed by atoms with Crippen LogP contribution in [0, 0.1) is 0 Å². The molecule has 0 atom stereocenters. The van der Waals surface area contributed by atoms with E-state index >= 15 is 0 Å². The van der Waals surface area contributed by atoms with Crippen LogP contribution in [-0.4, -0.2) is 29.1 Å². The highest BCUT2D eigenvalue weighted by Gasteiger charge is 2.06. The Labute approximate surface area is 85.0 Å². The van der Waals surface area contributed by atoms with Crippen molar-refractivity contribution >= 4 is 19.1 Å². The summed E-state index contributed by atoms with van der Waals surface area (Å²) in [6, 6.07) is 0. The van der Waals surface area contributed by atoms with Gasteiger partial charge in [-0.25, -0.2) is 0 Å². The summed E-state index contributed by atoms with van der Waals surface area (Å²) in [6.45, 7) is 2.20. The molecule has 0 unspecified atom stereocenters. The highest BCUT2D eigenvalue weighted by molar-refractivity contribution is 7.99. The van der Waals surface area contributed by atoms with E-state index in [1.807, 2.05) is 0 Å². The standard InChI is InChI=1S/C8H19BO3S/c1-2-3-4-5-6-7-13-8-12-9(10)11/h10-11H,2-8H2,1H3. The van der Waals surface area contributed by atoms with Crippen LogP contribution >= 0.6 is 11.8 Å². The van der Waals surface area contributed by atoms with E-state index in [1.54, 1.807) is 11.8 Å². The zero-order chi connectivity index (χ0) is 9.94. The minimum Gasteiger partial charge on any atom is -0.402 e. The minimum absolute atomic E-state index is 0.367. The summed E-state index contributed by atoms with van der Waals surface area (Å²) < 4.78 is 4.54. The van der Waals surface area contributed by atoms with Crippen LogP contribution in [0.5, 0.6) is 0 Å². The number of thioether (sulfide) groups is 1. The maximum Gasteiger partial charge on any atom is 0.634 e. The van der Waals surface area contributed by atoms with E-state index in [4.69, 9.17) is 10.0 Å². The SMILES string of the molecule is CCCCCCCSCOB(O)O. The van der Waals surface area contributed by atoms with Crippen molar-refractivity contribution in [1.29, 1.82) is 0 Å². The number of hydrogen-bond donors (Lipinski definition) is 2. The molecule has 0 fully saturated rings. The van der Waals surface area contributed by atoms with Crippen LogP contribution in [-0.2, 0) is 4.65 Å². The molecular formula is C8H19BO3S. The summed E-state index contributed by atoms with van der Waals surface area (Å²) >= 11 is 1.60. The Kier molecular flexibility index (Phi) is 10.6. The van der Waals surface area contributed by atoms with Gasteiger partial charge < -0.3 is 14.7 Å². The van der Waals surface area contributed by atoms with Crippen molar-refractivity contribution in [2.75, 3.05) is 11.7 Å². The lowest BCUT2D eigenvalue weighted by atomic mass is 10.2. The Morgan fingerprint density at radius 2 is 1.85 bits per heavy atom. The zero-order valence-electron chi connectivity index (χ0n) is 8.24. The van der Waals surface area contributed by atoms with Crippen LogP contribution in [0.4, 0.5) is 0 Å². The Morgan fingerprint density at radius 3 is 2.46 bits per heavy atom. The van der Waals surface area contributed by atoms with Crippen LogP contribution in [0.15, 0.2) is 0 Å². The van der Waals surface area contributed by atoms with E-state index in [1.165, 1.54) is 32.1 Å². The molecule has 0 aliphatic rings. The van der Waals surface area contributed by atoms with Gasteiger partial charge in [0.15, 0.2) is 0 Å². The Morgan fingerprint density at radius 1 is 1.15 bits per heavy atom. The number of hydrogen-bond acceptors (Lipinski definition) is 4. The molecule has 0 aromatic rings. The fraction of sp³-hybridized carbons (Fsp3) is 1.00. The van der Waals surface area contributed by atoms with Gasteiger partial charge in [0.2, 0.25) is 0 Å². The van der Waals surface area contributed by atoms with Gasteiger partial charge in [-0.2, -0.15) is 0 Å². The molecule has 3 nitrogen and oxygen atoms in total. The topological polar surface area (TPSA) is 49.7 Å². The van der Waals surface area contributed by atoms with Crippen molar-refractivity contribution in [2.24, 2.45) is 0 Å². The van der Waals surface area contributed by atoms with Gasteiger partial charge in [0.05, 0.1) is 5.94 Å². The molecule has 0 aromatic heterocycles. The molecule has 0 amide bonds. The van der Waals surface area contributed by atoms with E-state index in [0.29, 0.717) is 5.94 Å². The molecule has 0 bridgehead atoms. The molecular weight excluding hydrogens is 187 g/mol. The van der Waals surface area contributed by atoms with Gasteiger partial charge in [0, 0.05) is 0 Å². The molecule has 0 saturated carbocycles. The summed E-state index contributed by atoms with van der Waals surface area (Å²) in [5, 5.41) is 16.7. The highest BCUT2D eigenvalue weighted by atomic mass is 32.2. The van der Waals surface area contributed by atoms with Crippen molar-refractivity contribution < 1.29 is 14.7 Å². The molecule has 0 aliphatic heterocycles. The average Bonchev–Trinajstić information content (AvgIpc) is 2.09. The van der Waals surface area contributed by atoms with Gasteiger partial charge in [-0.1, -0.05) is 32.6 Å². The molecule has 0 aliphatic carbocycles. The van der Waals surface area contributed by atoms with Gasteiger partial charge in [-0.05, 0) is 12.2 Å². The quantitative estimate of drug-likeness (QED) is 0.342. The number of rotatable bonds is 9. The first-order chi connectivity index (χ1) is 6.27. The molecule has 0 radical (unpaired) electrons. The third-order valence-electron chi connectivity index (χ3n) is 1.69. The van der Waals surface area contributed by atoms with Crippen LogP contribution in [0.1, 0.15) is 39.0 Å². The molecule has 0 aromatic carbocycles. The first-order valence-corrected chi connectivity index (χ1v) is 5.98. The van der Waals surface area contributed by atoms with Gasteiger partial charge >= 0.3 is 7.32 Å². The van der Waals surface area contributed by atoms with E-state index < -0.39 is 7.32 Å². The fourth-order valence-electron chi connectivity index (χ4n) is 0.976. The maximum atomic E-state index is 8.35. The molecule has 5 heteroatoms. The molecule has 0 rings (SSSR count). The lowest BCUT2D eigenvalue weighted by Gasteiger charge is -2.02. The van der Waals surface area contributed by atoms with Crippen LogP contribution < -0.4 is 0 Å². The van der Waals surface area contributed by atoms with Crippen molar-refractivity contribution in [3.05, 3.63) is 0 Å². The minimum atomic E-state index is -1.62. The monoisotopic (exact) mass is 206 g/mol. The summed E-state index contributed by atoms with van der Waals surface area (Å²) in [5.74, 6) is 1.40. The second kappa shape index (κ2) is 10.4. The smallest absolute Gasteiger partial charge is 0.402 e. The first-order valence-electron chi connectivity index (χ1n) is 4.83. The summed E-state index contributed by atoms with van der Waals surface area (Å²) in [7, 11) is -1.62. The van der Waals surface area contributed by atoms with E-state index in [-0.39, 0.29) is 0 Å². The van der Waals surface area contributed by atoms with Gasteiger partial charge in [0.25, 0.3) is 0 Å². The average molecular weight is 206 g/mol. The third-order valence-corrected chi connectivity index (χ3v) is 2.57. The molecule has 0 spiro atoms. The molecule has 78 valence electrons. The maximum absolute atomic E-state index is 8.35. The lowest BCUT2D eigenvalue weighted by Crippen LogP contribution is -2.16. The van der Waals surface area contributed by atoms with Crippen molar-refractivity contribution in [2.45, 2.75) is 39.0 Å². The summed E-state index contributed by atoms with van der Waals surface area (Å²) in [6.07, 6.45) is 6.35. The molecule has 0 saturated heterocycles. The predicted octanol–water partition coefficient (Wildman–Crippen LogP) is 1.63. The van der Waals surface area contributed by atoms with Gasteiger partial charge in [-0.3, -0.25) is 0 Å². The third kappa shape index (κ3) is 12.3. The van der Waals surface area contributed by atoms with Crippen LogP contribution in [0.25, 0.3) is 0 Å². The first kappa shape index (κ1) is 13.3. The van der Waals surface area contributed by atoms with Gasteiger partial charge in [-0.15, -0.1) is 11.8 Å². The van der Waals surface area contributed by atoms with Crippen LogP contribution in [0.2, 0.25) is 0 Å². The van der Waals surface area contributed by atoms with Gasteiger partial charge in [0.1, 0.15) is 0 Å². The zero-order valence-corrected chi connectivity index (χ0v) is 9.05. The second-order valence-electron chi connectivity index (χ2n) is 2.93. The highest BCUT2D eigenvalue weighted by Crippen LogP contribution is 2.08. The summed E-state index contributed by atoms with van der Waals surface area (Å²) in [5.41, 5.74) is 0. The molecule has 2 N–H and O–H groups in total. The van der Waals surface area contributed by atoms with Crippen molar-refractivity contribution in [1.82, 2.24) is 0 Å². The Bertz CT molecular complexity index is 103. The Balaban J connectivity index is 2.84. The largest absolute Gasteiger partial charge is 0.634 e. The lowest BCUT2D eigenvalue weighted by molar-refractivity contribution is 0.220. The summed E-state index contributed by atoms with van der Waals surface area (Å²) in [4.78, 5) is 0. The van der Waals surface area contributed by atoms with Crippen molar-refractivity contribution in [3.63, 3.8) is 0 Å². The van der Waals surface area contributed by atoms with E-state index in [9.17, 15) is 0 Å². The van der Waals surface area contributed by atoms with Crippen LogP contribution in [0.3, 0.4) is 0 Å². The second-order valence-corrected chi connectivity index (χ2v) is 3.99. The van der Waals surface area contributed by atoms with E-state index in [0.717, 1.165) is 5.75 Å². The number of unbranched alkanes of at least 4 members (excludes halogenated alkanes) is 4. The normalized spacial score (nSPS) is 10.4. The van der Waals surface area contributed by atoms with Crippen molar-refractivity contribution in [3.8, 4) is 0 Å². The van der Waals surface area contributed by atoms with E-state index in [2.05, 4.69) is 11.6 Å². The molecule has 13 heavy (non-hydrogen) atoms. The predicted molar refractivity (Wildman–Crippen MR) is 57.4 cm³/mol. The molecule has 0 heterocycles.